The Morgan fingerprint density at radius 2 is 1.71 bits per heavy atom. The molecule has 1 saturated heterocycles. The van der Waals surface area contributed by atoms with Crippen LogP contribution in [0.2, 0.25) is 5.02 Å². The second-order valence-electron chi connectivity index (χ2n) is 8.13. The molecule has 0 N–H and O–H groups in total. The lowest BCUT2D eigenvalue weighted by atomic mass is 10.1. The third kappa shape index (κ3) is 6.16. The van der Waals surface area contributed by atoms with Crippen molar-refractivity contribution in [1.82, 2.24) is 4.90 Å². The fourth-order valence-electron chi connectivity index (χ4n) is 3.96. The molecule has 34 heavy (non-hydrogen) atoms. The van der Waals surface area contributed by atoms with E-state index in [0.717, 1.165) is 42.4 Å². The van der Waals surface area contributed by atoms with Crippen LogP contribution in [0, 0.1) is 0 Å². The summed E-state index contributed by atoms with van der Waals surface area (Å²) in [5.41, 5.74) is 0.518. The summed E-state index contributed by atoms with van der Waals surface area (Å²) < 4.78 is 70.6. The van der Waals surface area contributed by atoms with E-state index in [2.05, 4.69) is 9.64 Å². The minimum absolute atomic E-state index is 0.0544. The standard InChI is InChI=1S/C23H24ClF3N2O3S2/c24-21-19-6-2-3-7-20(19)33-22(21)29(34(30,31)15-14-28-12-4-1-5-13-28)16-17-8-10-18(11-9-17)32-23(25,26)27/h2-3,6-11H,1,4-5,12-16H2. The number of hydrogen-bond acceptors (Lipinski definition) is 5. The number of fused-ring (bicyclic) bond motifs is 1. The summed E-state index contributed by atoms with van der Waals surface area (Å²) in [5.74, 6) is -0.442. The van der Waals surface area contributed by atoms with Crippen molar-refractivity contribution in [1.29, 1.82) is 0 Å². The van der Waals surface area contributed by atoms with E-state index >= 15 is 0 Å². The number of hydrogen-bond donors (Lipinski definition) is 0. The van der Waals surface area contributed by atoms with Gasteiger partial charge >= 0.3 is 6.36 Å². The molecule has 0 amide bonds. The van der Waals surface area contributed by atoms with Crippen molar-refractivity contribution < 1.29 is 26.3 Å². The van der Waals surface area contributed by atoms with Gasteiger partial charge in [0.05, 0.1) is 17.3 Å². The first-order chi connectivity index (χ1) is 16.1. The summed E-state index contributed by atoms with van der Waals surface area (Å²) in [6.45, 7) is 2.11. The fourth-order valence-corrected chi connectivity index (χ4v) is 7.30. The summed E-state index contributed by atoms with van der Waals surface area (Å²) in [4.78, 5) is 2.15. The molecular formula is C23H24ClF3N2O3S2. The fraction of sp³-hybridized carbons (Fsp3) is 0.391. The number of anilines is 1. The van der Waals surface area contributed by atoms with Crippen LogP contribution in [0.3, 0.4) is 0 Å². The van der Waals surface area contributed by atoms with E-state index in [4.69, 9.17) is 11.6 Å². The van der Waals surface area contributed by atoms with Crippen molar-refractivity contribution in [3.05, 3.63) is 59.1 Å². The lowest BCUT2D eigenvalue weighted by molar-refractivity contribution is -0.274. The summed E-state index contributed by atoms with van der Waals surface area (Å²) >= 11 is 7.90. The Kier molecular flexibility index (Phi) is 7.61. The molecule has 0 unspecified atom stereocenters. The first-order valence-corrected chi connectivity index (χ1v) is 13.7. The van der Waals surface area contributed by atoms with Crippen molar-refractivity contribution in [2.45, 2.75) is 32.2 Å². The predicted molar refractivity (Wildman–Crippen MR) is 130 cm³/mol. The second kappa shape index (κ2) is 10.3. The maximum atomic E-state index is 13.5. The number of rotatable bonds is 8. The van der Waals surface area contributed by atoms with Gasteiger partial charge in [-0.15, -0.1) is 24.5 Å². The Morgan fingerprint density at radius 1 is 1.03 bits per heavy atom. The third-order valence-corrected chi connectivity index (χ3v) is 9.16. The Hall–Kier alpha value is -2.01. The lowest BCUT2D eigenvalue weighted by Crippen LogP contribution is -2.39. The Bertz CT molecular complexity index is 1220. The molecule has 3 aromatic rings. The Morgan fingerprint density at radius 3 is 2.35 bits per heavy atom. The predicted octanol–water partition coefficient (Wildman–Crippen LogP) is 6.28. The zero-order valence-corrected chi connectivity index (χ0v) is 20.6. The molecular weight excluding hydrogens is 509 g/mol. The van der Waals surface area contributed by atoms with Crippen LogP contribution >= 0.6 is 22.9 Å². The van der Waals surface area contributed by atoms with E-state index in [1.807, 2.05) is 24.3 Å². The highest BCUT2D eigenvalue weighted by Gasteiger charge is 2.31. The molecule has 2 aromatic carbocycles. The van der Waals surface area contributed by atoms with Crippen molar-refractivity contribution in [2.24, 2.45) is 0 Å². The molecule has 2 heterocycles. The van der Waals surface area contributed by atoms with Gasteiger partial charge in [-0.3, -0.25) is 4.31 Å². The van der Waals surface area contributed by atoms with E-state index < -0.39 is 16.4 Å². The van der Waals surface area contributed by atoms with E-state index in [1.165, 1.54) is 39.9 Å². The Labute approximate surface area is 205 Å². The molecule has 0 atom stereocenters. The van der Waals surface area contributed by atoms with Crippen molar-refractivity contribution >= 4 is 48.0 Å². The van der Waals surface area contributed by atoms with Crippen LogP contribution in [0.1, 0.15) is 24.8 Å². The van der Waals surface area contributed by atoms with E-state index in [0.29, 0.717) is 22.1 Å². The molecule has 1 aromatic heterocycles. The van der Waals surface area contributed by atoms with E-state index in [1.54, 1.807) is 0 Å². The molecule has 0 spiro atoms. The Balaban J connectivity index is 1.62. The third-order valence-electron chi connectivity index (χ3n) is 5.68. The van der Waals surface area contributed by atoms with Gasteiger partial charge in [-0.1, -0.05) is 48.4 Å². The van der Waals surface area contributed by atoms with Crippen LogP contribution in [-0.4, -0.2) is 45.1 Å². The number of benzene rings is 2. The van der Waals surface area contributed by atoms with Crippen molar-refractivity contribution in [3.8, 4) is 5.75 Å². The van der Waals surface area contributed by atoms with Crippen LogP contribution in [0.4, 0.5) is 18.2 Å². The number of nitrogens with zero attached hydrogens (tertiary/aromatic N) is 2. The number of ether oxygens (including phenoxy) is 1. The van der Waals surface area contributed by atoms with Crippen molar-refractivity contribution in [2.75, 3.05) is 29.7 Å². The summed E-state index contributed by atoms with van der Waals surface area (Å²) in [7, 11) is -3.78. The molecule has 1 fully saturated rings. The number of thiophene rings is 1. The highest BCUT2D eigenvalue weighted by molar-refractivity contribution is 7.93. The molecule has 1 aliphatic rings. The van der Waals surface area contributed by atoms with Gasteiger partial charge in [0, 0.05) is 16.6 Å². The SMILES string of the molecule is O=S(=O)(CCN1CCCCC1)N(Cc1ccc(OC(F)(F)F)cc1)c1sc2ccccc2c1Cl. The van der Waals surface area contributed by atoms with Crippen LogP contribution in [0.25, 0.3) is 10.1 Å². The topological polar surface area (TPSA) is 49.9 Å². The average Bonchev–Trinajstić information content (AvgIpc) is 3.13. The maximum Gasteiger partial charge on any atom is 0.573 e. The second-order valence-corrected chi connectivity index (χ2v) is 11.6. The van der Waals surface area contributed by atoms with Crippen LogP contribution < -0.4 is 9.04 Å². The minimum atomic E-state index is -4.80. The number of halogens is 4. The van der Waals surface area contributed by atoms with Crippen LogP contribution in [-0.2, 0) is 16.6 Å². The molecule has 184 valence electrons. The molecule has 11 heteroatoms. The van der Waals surface area contributed by atoms with Gasteiger partial charge in [0.1, 0.15) is 10.8 Å². The van der Waals surface area contributed by atoms with Crippen LogP contribution in [0.15, 0.2) is 48.5 Å². The maximum absolute atomic E-state index is 13.5. The summed E-state index contributed by atoms with van der Waals surface area (Å²) in [6, 6.07) is 12.6. The number of likely N-dealkylation sites (tertiary alicyclic amines) is 1. The first-order valence-electron chi connectivity index (χ1n) is 10.9. The van der Waals surface area contributed by atoms with Crippen molar-refractivity contribution in [3.63, 3.8) is 0 Å². The van der Waals surface area contributed by atoms with Gasteiger partial charge in [-0.25, -0.2) is 8.42 Å². The molecule has 4 rings (SSSR count). The molecule has 0 radical (unpaired) electrons. The normalized spacial score (nSPS) is 15.5. The average molecular weight is 533 g/mol. The van der Waals surface area contributed by atoms with Gasteiger partial charge in [0.15, 0.2) is 0 Å². The zero-order valence-electron chi connectivity index (χ0n) is 18.2. The first kappa shape index (κ1) is 25.1. The smallest absolute Gasteiger partial charge is 0.406 e. The molecule has 1 aliphatic heterocycles. The van der Waals surface area contributed by atoms with Crippen LogP contribution in [0.5, 0.6) is 5.75 Å². The monoisotopic (exact) mass is 532 g/mol. The molecule has 0 bridgehead atoms. The van der Waals surface area contributed by atoms with Gasteiger partial charge in [-0.2, -0.15) is 0 Å². The number of alkyl halides is 3. The highest BCUT2D eigenvalue weighted by Crippen LogP contribution is 2.43. The zero-order chi connectivity index (χ0) is 24.3. The number of piperidine rings is 1. The quantitative estimate of drug-likeness (QED) is 0.343. The molecule has 0 saturated carbocycles. The van der Waals surface area contributed by atoms with Gasteiger partial charge in [0.25, 0.3) is 0 Å². The van der Waals surface area contributed by atoms with Gasteiger partial charge in [0.2, 0.25) is 10.0 Å². The summed E-state index contributed by atoms with van der Waals surface area (Å²) in [6.07, 6.45) is -1.53. The highest BCUT2D eigenvalue weighted by atomic mass is 35.5. The molecule has 0 aliphatic carbocycles. The largest absolute Gasteiger partial charge is 0.573 e. The molecule has 5 nitrogen and oxygen atoms in total. The summed E-state index contributed by atoms with van der Waals surface area (Å²) in [5, 5.41) is 1.51. The van der Waals surface area contributed by atoms with Gasteiger partial charge < -0.3 is 9.64 Å². The lowest BCUT2D eigenvalue weighted by Gasteiger charge is -2.28. The minimum Gasteiger partial charge on any atom is -0.406 e. The van der Waals surface area contributed by atoms with Gasteiger partial charge in [-0.05, 0) is 49.7 Å². The van der Waals surface area contributed by atoms with E-state index in [9.17, 15) is 21.6 Å². The number of sulfonamides is 1. The van der Waals surface area contributed by atoms with E-state index in [-0.39, 0.29) is 18.0 Å².